The van der Waals surface area contributed by atoms with Crippen LogP contribution in [0.1, 0.15) is 21.5 Å². The molecule has 182 valence electrons. The SMILES string of the molecule is Cc1ccc([N+](=O)[O-])cc1N(CC(=O)Nc1ccccc1C(=O)NCc1cccnc1)S(C)(=O)=O. The lowest BCUT2D eigenvalue weighted by atomic mass is 10.1. The maximum Gasteiger partial charge on any atom is 0.271 e. The molecule has 0 spiro atoms. The highest BCUT2D eigenvalue weighted by atomic mass is 32.2. The number of pyridine rings is 1. The number of aromatic nitrogens is 1. The molecule has 3 rings (SSSR count). The highest BCUT2D eigenvalue weighted by Gasteiger charge is 2.25. The van der Waals surface area contributed by atoms with Crippen molar-refractivity contribution in [2.75, 3.05) is 22.4 Å². The zero-order valence-electron chi connectivity index (χ0n) is 19.0. The van der Waals surface area contributed by atoms with Crippen molar-refractivity contribution in [1.82, 2.24) is 10.3 Å². The summed E-state index contributed by atoms with van der Waals surface area (Å²) in [5.41, 5.74) is 1.30. The zero-order chi connectivity index (χ0) is 25.6. The number of amides is 2. The summed E-state index contributed by atoms with van der Waals surface area (Å²) in [5.74, 6) is -1.17. The number of sulfonamides is 1. The van der Waals surface area contributed by atoms with Gasteiger partial charge in [0.1, 0.15) is 6.54 Å². The number of benzene rings is 2. The molecule has 3 aromatic rings. The summed E-state index contributed by atoms with van der Waals surface area (Å²) in [7, 11) is -3.97. The van der Waals surface area contributed by atoms with E-state index in [0.29, 0.717) is 5.56 Å². The van der Waals surface area contributed by atoms with Crippen molar-refractivity contribution in [3.63, 3.8) is 0 Å². The molecule has 1 aromatic heterocycles. The highest BCUT2D eigenvalue weighted by molar-refractivity contribution is 7.92. The molecule has 0 fully saturated rings. The Morgan fingerprint density at radius 3 is 2.51 bits per heavy atom. The van der Waals surface area contributed by atoms with Crippen molar-refractivity contribution in [3.8, 4) is 0 Å². The summed E-state index contributed by atoms with van der Waals surface area (Å²) < 4.78 is 25.7. The van der Waals surface area contributed by atoms with Gasteiger partial charge in [-0.15, -0.1) is 0 Å². The first-order chi connectivity index (χ1) is 16.6. The number of rotatable bonds is 9. The Morgan fingerprint density at radius 1 is 1.11 bits per heavy atom. The molecule has 2 aromatic carbocycles. The average Bonchev–Trinajstić information content (AvgIpc) is 2.81. The zero-order valence-corrected chi connectivity index (χ0v) is 19.8. The van der Waals surface area contributed by atoms with Gasteiger partial charge in [-0.1, -0.05) is 24.3 Å². The maximum absolute atomic E-state index is 12.8. The second-order valence-electron chi connectivity index (χ2n) is 7.64. The average molecular weight is 498 g/mol. The number of nitrogens with zero attached hydrogens (tertiary/aromatic N) is 3. The van der Waals surface area contributed by atoms with Crippen LogP contribution in [0.4, 0.5) is 17.1 Å². The van der Waals surface area contributed by atoms with Gasteiger partial charge in [0.2, 0.25) is 15.9 Å². The minimum atomic E-state index is -3.97. The van der Waals surface area contributed by atoms with Crippen molar-refractivity contribution in [2.45, 2.75) is 13.5 Å². The van der Waals surface area contributed by atoms with E-state index in [0.717, 1.165) is 22.2 Å². The number of anilines is 2. The first-order valence-corrected chi connectivity index (χ1v) is 12.2. The molecule has 0 bridgehead atoms. The van der Waals surface area contributed by atoms with Crippen LogP contribution in [0.5, 0.6) is 0 Å². The molecule has 12 heteroatoms. The first-order valence-electron chi connectivity index (χ1n) is 10.3. The molecule has 1 heterocycles. The van der Waals surface area contributed by atoms with Gasteiger partial charge in [0.25, 0.3) is 11.6 Å². The molecule has 2 N–H and O–H groups in total. The number of nitrogens with one attached hydrogen (secondary N) is 2. The lowest BCUT2D eigenvalue weighted by Gasteiger charge is -2.23. The summed E-state index contributed by atoms with van der Waals surface area (Å²) in [6.07, 6.45) is 4.13. The predicted octanol–water partition coefficient (Wildman–Crippen LogP) is 2.63. The molecular weight excluding hydrogens is 474 g/mol. The number of carbonyl (C=O) groups is 2. The molecule has 0 radical (unpaired) electrons. The van der Waals surface area contributed by atoms with Crippen LogP contribution >= 0.6 is 0 Å². The molecule has 11 nitrogen and oxygen atoms in total. The van der Waals surface area contributed by atoms with Gasteiger partial charge in [-0.25, -0.2) is 8.42 Å². The van der Waals surface area contributed by atoms with Crippen LogP contribution in [-0.2, 0) is 21.4 Å². The Balaban J connectivity index is 1.80. The van der Waals surface area contributed by atoms with Crippen LogP contribution in [0.2, 0.25) is 0 Å². The van der Waals surface area contributed by atoms with Crippen molar-refractivity contribution in [2.24, 2.45) is 0 Å². The molecule has 0 unspecified atom stereocenters. The molecule has 0 saturated heterocycles. The third kappa shape index (κ3) is 6.60. The van der Waals surface area contributed by atoms with E-state index in [1.54, 1.807) is 43.6 Å². The van der Waals surface area contributed by atoms with Crippen LogP contribution in [0.15, 0.2) is 67.0 Å². The Labute approximate surface area is 202 Å². The third-order valence-electron chi connectivity index (χ3n) is 4.98. The summed E-state index contributed by atoms with van der Waals surface area (Å²) in [4.78, 5) is 40.1. The van der Waals surface area contributed by atoms with Gasteiger partial charge >= 0.3 is 0 Å². The van der Waals surface area contributed by atoms with E-state index >= 15 is 0 Å². The second kappa shape index (κ2) is 10.7. The molecule has 0 aliphatic carbocycles. The van der Waals surface area contributed by atoms with Gasteiger partial charge < -0.3 is 10.6 Å². The van der Waals surface area contributed by atoms with E-state index in [-0.39, 0.29) is 29.2 Å². The second-order valence-corrected chi connectivity index (χ2v) is 9.54. The first kappa shape index (κ1) is 25.3. The van der Waals surface area contributed by atoms with Gasteiger partial charge in [0, 0.05) is 31.1 Å². The summed E-state index contributed by atoms with van der Waals surface area (Å²) in [6, 6.07) is 13.6. The minimum absolute atomic E-state index is 0.0133. The van der Waals surface area contributed by atoms with E-state index in [9.17, 15) is 28.1 Å². The monoisotopic (exact) mass is 497 g/mol. The number of hydrogen-bond acceptors (Lipinski definition) is 7. The maximum atomic E-state index is 12.8. The molecule has 35 heavy (non-hydrogen) atoms. The number of carbonyl (C=O) groups excluding carboxylic acids is 2. The Kier molecular flexibility index (Phi) is 7.76. The van der Waals surface area contributed by atoms with Crippen molar-refractivity contribution < 1.29 is 22.9 Å². The molecule has 0 aliphatic heterocycles. The van der Waals surface area contributed by atoms with E-state index < -0.39 is 33.3 Å². The Bertz CT molecular complexity index is 1360. The fourth-order valence-electron chi connectivity index (χ4n) is 3.25. The van der Waals surface area contributed by atoms with Gasteiger partial charge in [0.15, 0.2) is 0 Å². The van der Waals surface area contributed by atoms with E-state index in [1.165, 1.54) is 24.3 Å². The smallest absolute Gasteiger partial charge is 0.271 e. The van der Waals surface area contributed by atoms with Crippen LogP contribution < -0.4 is 14.9 Å². The molecule has 0 atom stereocenters. The van der Waals surface area contributed by atoms with Gasteiger partial charge in [0.05, 0.1) is 28.1 Å². The molecule has 0 saturated carbocycles. The highest BCUT2D eigenvalue weighted by Crippen LogP contribution is 2.27. The summed E-state index contributed by atoms with van der Waals surface area (Å²) >= 11 is 0. The third-order valence-corrected chi connectivity index (χ3v) is 6.11. The number of nitro benzene ring substituents is 1. The van der Waals surface area contributed by atoms with Crippen LogP contribution in [-0.4, -0.2) is 42.9 Å². The number of hydrogen-bond donors (Lipinski definition) is 2. The van der Waals surface area contributed by atoms with Crippen molar-refractivity contribution >= 4 is 38.9 Å². The van der Waals surface area contributed by atoms with Crippen LogP contribution in [0.3, 0.4) is 0 Å². The van der Waals surface area contributed by atoms with Crippen molar-refractivity contribution in [3.05, 3.63) is 93.8 Å². The fourth-order valence-corrected chi connectivity index (χ4v) is 4.16. The van der Waals surface area contributed by atoms with Gasteiger partial charge in [-0.3, -0.25) is 29.0 Å². The minimum Gasteiger partial charge on any atom is -0.348 e. The van der Waals surface area contributed by atoms with E-state index in [4.69, 9.17) is 0 Å². The lowest BCUT2D eigenvalue weighted by molar-refractivity contribution is -0.384. The van der Waals surface area contributed by atoms with Crippen LogP contribution in [0, 0.1) is 17.0 Å². The summed E-state index contributed by atoms with van der Waals surface area (Å²) in [6.45, 7) is 1.16. The fraction of sp³-hybridized carbons (Fsp3) is 0.174. The number of aryl methyl sites for hydroxylation is 1. The lowest BCUT2D eigenvalue weighted by Crippen LogP contribution is -2.38. The quantitative estimate of drug-likeness (QED) is 0.340. The van der Waals surface area contributed by atoms with Crippen molar-refractivity contribution in [1.29, 1.82) is 0 Å². The summed E-state index contributed by atoms with van der Waals surface area (Å²) in [5, 5.41) is 16.5. The topological polar surface area (TPSA) is 152 Å². The number of non-ortho nitro benzene ring substituents is 1. The number of para-hydroxylation sites is 1. The standard InChI is InChI=1S/C23H23N5O6S/c1-16-9-10-18(28(31)32)12-21(16)27(35(2,33)34)15-22(29)26-20-8-4-3-7-19(20)23(30)25-14-17-6-5-11-24-13-17/h3-13H,14-15H2,1-2H3,(H,25,30)(H,26,29). The van der Waals surface area contributed by atoms with Gasteiger partial charge in [-0.05, 0) is 36.2 Å². The normalized spacial score (nSPS) is 10.9. The number of nitro groups is 1. The Hall–Kier alpha value is -4.32. The predicted molar refractivity (Wildman–Crippen MR) is 131 cm³/mol. The molecule has 2 amide bonds. The van der Waals surface area contributed by atoms with E-state index in [2.05, 4.69) is 15.6 Å². The largest absolute Gasteiger partial charge is 0.348 e. The molecular formula is C23H23N5O6S. The Morgan fingerprint density at radius 2 is 1.86 bits per heavy atom. The van der Waals surface area contributed by atoms with Gasteiger partial charge in [-0.2, -0.15) is 0 Å². The molecule has 0 aliphatic rings. The van der Waals surface area contributed by atoms with Crippen LogP contribution in [0.25, 0.3) is 0 Å². The van der Waals surface area contributed by atoms with E-state index in [1.807, 2.05) is 0 Å².